The van der Waals surface area contributed by atoms with Crippen molar-refractivity contribution in [2.24, 2.45) is 0 Å². The van der Waals surface area contributed by atoms with E-state index in [1.165, 1.54) is 7.11 Å². The van der Waals surface area contributed by atoms with Crippen LogP contribution in [0.4, 0.5) is 4.79 Å². The largest absolute Gasteiger partial charge is 0.469 e. The summed E-state index contributed by atoms with van der Waals surface area (Å²) < 4.78 is 9.99. The average molecular weight is 302 g/mol. The van der Waals surface area contributed by atoms with Crippen LogP contribution in [-0.4, -0.2) is 54.8 Å². The summed E-state index contributed by atoms with van der Waals surface area (Å²) in [5, 5.41) is 3.12. The fourth-order valence-corrected chi connectivity index (χ4v) is 1.63. The first kappa shape index (κ1) is 19.7. The first-order chi connectivity index (χ1) is 9.47. The fourth-order valence-electron chi connectivity index (χ4n) is 1.63. The summed E-state index contributed by atoms with van der Waals surface area (Å²) in [5.41, 5.74) is -0.842. The smallest absolute Gasteiger partial charge is 0.410 e. The lowest BCUT2D eigenvalue weighted by atomic mass is 10.1. The van der Waals surface area contributed by atoms with Gasteiger partial charge in [0.25, 0.3) is 0 Å². The Balaban J connectivity index is 4.34. The van der Waals surface area contributed by atoms with Gasteiger partial charge in [0.1, 0.15) is 5.60 Å². The molecule has 124 valence electrons. The Labute approximate surface area is 128 Å². The van der Waals surface area contributed by atoms with Gasteiger partial charge in [-0.15, -0.1) is 0 Å². The molecular formula is C15H30N2O4. The number of nitrogens with one attached hydrogen (secondary N) is 1. The maximum atomic E-state index is 12.2. The maximum absolute atomic E-state index is 12.2. The lowest BCUT2D eigenvalue weighted by Gasteiger charge is -2.36. The van der Waals surface area contributed by atoms with Gasteiger partial charge >= 0.3 is 12.1 Å². The predicted octanol–water partition coefficient (Wildman–Crippen LogP) is 2.17. The molecule has 0 heterocycles. The molecule has 0 aliphatic heterocycles. The third-order valence-corrected chi connectivity index (χ3v) is 2.67. The standard InChI is InChI=1S/C15H30N2O4/c1-14(2,3)17(13(19)21-15(4,5)6)11-10-16-9-8-12(18)20-7/h16H,8-11H2,1-7H3. The highest BCUT2D eigenvalue weighted by Crippen LogP contribution is 2.17. The van der Waals surface area contributed by atoms with Crippen molar-refractivity contribution in [3.05, 3.63) is 0 Å². The molecule has 0 saturated heterocycles. The van der Waals surface area contributed by atoms with Crippen molar-refractivity contribution in [1.82, 2.24) is 10.2 Å². The zero-order valence-corrected chi connectivity index (χ0v) is 14.4. The number of hydrogen-bond acceptors (Lipinski definition) is 5. The molecule has 0 rings (SSSR count). The highest BCUT2D eigenvalue weighted by Gasteiger charge is 2.30. The van der Waals surface area contributed by atoms with Crippen LogP contribution < -0.4 is 5.32 Å². The molecule has 0 aromatic carbocycles. The summed E-state index contributed by atoms with van der Waals surface area (Å²) in [7, 11) is 1.37. The van der Waals surface area contributed by atoms with E-state index in [0.717, 1.165) is 0 Å². The Morgan fingerprint density at radius 2 is 1.62 bits per heavy atom. The van der Waals surface area contributed by atoms with Gasteiger partial charge in [0.2, 0.25) is 0 Å². The number of methoxy groups -OCH3 is 1. The van der Waals surface area contributed by atoms with Gasteiger partial charge in [-0.25, -0.2) is 4.79 Å². The van der Waals surface area contributed by atoms with Crippen LogP contribution in [0.3, 0.4) is 0 Å². The number of rotatable bonds is 6. The van der Waals surface area contributed by atoms with Crippen molar-refractivity contribution in [3.8, 4) is 0 Å². The van der Waals surface area contributed by atoms with Gasteiger partial charge < -0.3 is 19.7 Å². The second kappa shape index (κ2) is 8.22. The Bertz CT molecular complexity index is 343. The van der Waals surface area contributed by atoms with Crippen molar-refractivity contribution in [2.45, 2.75) is 59.1 Å². The van der Waals surface area contributed by atoms with Gasteiger partial charge in [-0.05, 0) is 41.5 Å². The summed E-state index contributed by atoms with van der Waals surface area (Å²) in [6.07, 6.45) is -0.0110. The van der Waals surface area contributed by atoms with E-state index in [1.807, 2.05) is 41.5 Å². The molecule has 6 nitrogen and oxygen atoms in total. The summed E-state index contributed by atoms with van der Waals surface area (Å²) in [6.45, 7) is 13.1. The lowest BCUT2D eigenvalue weighted by molar-refractivity contribution is -0.140. The number of carbonyl (C=O) groups excluding carboxylic acids is 2. The van der Waals surface area contributed by atoms with Crippen molar-refractivity contribution < 1.29 is 19.1 Å². The predicted molar refractivity (Wildman–Crippen MR) is 82.2 cm³/mol. The monoisotopic (exact) mass is 302 g/mol. The zero-order chi connectivity index (χ0) is 16.7. The molecule has 0 aromatic heterocycles. The summed E-state index contributed by atoms with van der Waals surface area (Å²) in [5.74, 6) is -0.248. The maximum Gasteiger partial charge on any atom is 0.410 e. The van der Waals surface area contributed by atoms with Gasteiger partial charge in [0, 0.05) is 25.2 Å². The van der Waals surface area contributed by atoms with Gasteiger partial charge in [-0.2, -0.15) is 0 Å². The number of esters is 1. The molecule has 0 radical (unpaired) electrons. The van der Waals surface area contributed by atoms with Crippen molar-refractivity contribution in [3.63, 3.8) is 0 Å². The SMILES string of the molecule is COC(=O)CCNCCN(C(=O)OC(C)(C)C)C(C)(C)C. The molecule has 21 heavy (non-hydrogen) atoms. The molecule has 0 atom stereocenters. The Hall–Kier alpha value is -1.30. The minimum Gasteiger partial charge on any atom is -0.469 e. The van der Waals surface area contributed by atoms with Crippen molar-refractivity contribution >= 4 is 12.1 Å². The molecule has 1 N–H and O–H groups in total. The van der Waals surface area contributed by atoms with Crippen LogP contribution >= 0.6 is 0 Å². The molecule has 0 aliphatic carbocycles. The van der Waals surface area contributed by atoms with Crippen LogP contribution in [0.25, 0.3) is 0 Å². The Morgan fingerprint density at radius 3 is 2.05 bits per heavy atom. The van der Waals surface area contributed by atoms with Crippen LogP contribution in [0.1, 0.15) is 48.0 Å². The minimum atomic E-state index is -0.515. The molecule has 0 unspecified atom stereocenters. The Kier molecular flexibility index (Phi) is 7.71. The summed E-state index contributed by atoms with van der Waals surface area (Å²) >= 11 is 0. The van der Waals surface area contributed by atoms with E-state index in [9.17, 15) is 9.59 Å². The Morgan fingerprint density at radius 1 is 1.05 bits per heavy atom. The first-order valence-corrected chi connectivity index (χ1v) is 7.25. The highest BCUT2D eigenvalue weighted by molar-refractivity contribution is 5.69. The van der Waals surface area contributed by atoms with Crippen LogP contribution in [-0.2, 0) is 14.3 Å². The molecule has 6 heteroatoms. The highest BCUT2D eigenvalue weighted by atomic mass is 16.6. The molecule has 1 amide bonds. The number of amides is 1. The van der Waals surface area contributed by atoms with Crippen LogP contribution in [0, 0.1) is 0 Å². The van der Waals surface area contributed by atoms with Crippen LogP contribution in [0.2, 0.25) is 0 Å². The summed E-state index contributed by atoms with van der Waals surface area (Å²) in [6, 6.07) is 0. The number of hydrogen-bond donors (Lipinski definition) is 1. The fraction of sp³-hybridized carbons (Fsp3) is 0.867. The van der Waals surface area contributed by atoms with E-state index in [1.54, 1.807) is 4.90 Å². The van der Waals surface area contributed by atoms with E-state index in [0.29, 0.717) is 26.1 Å². The van der Waals surface area contributed by atoms with Gasteiger partial charge in [-0.3, -0.25) is 4.79 Å². The van der Waals surface area contributed by atoms with Crippen molar-refractivity contribution in [1.29, 1.82) is 0 Å². The number of carbonyl (C=O) groups is 2. The van der Waals surface area contributed by atoms with E-state index < -0.39 is 5.60 Å². The molecule has 0 aliphatic rings. The molecule has 0 aromatic rings. The molecule has 0 spiro atoms. The van der Waals surface area contributed by atoms with Crippen LogP contribution in [0.5, 0.6) is 0 Å². The van der Waals surface area contributed by atoms with E-state index >= 15 is 0 Å². The molecule has 0 fully saturated rings. The molecule has 0 saturated carbocycles. The molecular weight excluding hydrogens is 272 g/mol. The van der Waals surface area contributed by atoms with Crippen LogP contribution in [0.15, 0.2) is 0 Å². The lowest BCUT2D eigenvalue weighted by Crippen LogP contribution is -2.50. The third kappa shape index (κ3) is 9.28. The van der Waals surface area contributed by atoms with E-state index in [-0.39, 0.29) is 17.6 Å². The number of nitrogens with zero attached hydrogens (tertiary/aromatic N) is 1. The van der Waals surface area contributed by atoms with E-state index in [4.69, 9.17) is 4.74 Å². The zero-order valence-electron chi connectivity index (χ0n) is 14.4. The van der Waals surface area contributed by atoms with E-state index in [2.05, 4.69) is 10.1 Å². The average Bonchev–Trinajstić information content (AvgIpc) is 2.28. The first-order valence-electron chi connectivity index (χ1n) is 7.25. The quantitative estimate of drug-likeness (QED) is 0.601. The third-order valence-electron chi connectivity index (χ3n) is 2.67. The minimum absolute atomic E-state index is 0.248. The topological polar surface area (TPSA) is 67.9 Å². The normalized spacial score (nSPS) is 12.0. The number of ether oxygens (including phenoxy) is 2. The second-order valence-electron chi connectivity index (χ2n) is 6.88. The van der Waals surface area contributed by atoms with Crippen molar-refractivity contribution in [2.75, 3.05) is 26.7 Å². The molecule has 0 bridgehead atoms. The van der Waals surface area contributed by atoms with Gasteiger partial charge in [0.05, 0.1) is 13.5 Å². The summed E-state index contributed by atoms with van der Waals surface area (Å²) in [4.78, 5) is 24.9. The van der Waals surface area contributed by atoms with Gasteiger partial charge in [-0.1, -0.05) is 0 Å². The second-order valence-corrected chi connectivity index (χ2v) is 6.88. The van der Waals surface area contributed by atoms with Gasteiger partial charge in [0.15, 0.2) is 0 Å².